The molecule has 1 N–H and O–H groups in total. The summed E-state index contributed by atoms with van der Waals surface area (Å²) in [5.41, 5.74) is 0. The number of hydrogen-bond donors (Lipinski definition) is 1. The van der Waals surface area contributed by atoms with Gasteiger partial charge in [-0.05, 0) is 49.3 Å². The Hall–Kier alpha value is 0.310. The second-order valence-corrected chi connectivity index (χ2v) is 6.35. The van der Waals surface area contributed by atoms with Gasteiger partial charge in [0.1, 0.15) is 0 Å². The van der Waals surface area contributed by atoms with E-state index in [4.69, 9.17) is 0 Å². The summed E-state index contributed by atoms with van der Waals surface area (Å²) in [6, 6.07) is 0. The second kappa shape index (κ2) is 9.35. The van der Waals surface area contributed by atoms with Crippen LogP contribution in [0, 0.1) is 11.8 Å². The molecular formula is C14H29NS. The monoisotopic (exact) mass is 243 g/mol. The highest BCUT2D eigenvalue weighted by Gasteiger charge is 2.22. The van der Waals surface area contributed by atoms with E-state index in [0.717, 1.165) is 18.4 Å². The van der Waals surface area contributed by atoms with Crippen LogP contribution in [0.1, 0.15) is 52.4 Å². The number of thioether (sulfide) groups is 1. The Kier molecular flexibility index (Phi) is 8.40. The molecule has 0 aromatic carbocycles. The third kappa shape index (κ3) is 5.58. The Labute approximate surface area is 106 Å². The van der Waals surface area contributed by atoms with Crippen molar-refractivity contribution in [3.05, 3.63) is 0 Å². The Morgan fingerprint density at radius 2 is 1.81 bits per heavy atom. The van der Waals surface area contributed by atoms with Crippen LogP contribution in [0.2, 0.25) is 0 Å². The number of nitrogens with one attached hydrogen (secondary N) is 1. The molecule has 16 heavy (non-hydrogen) atoms. The zero-order valence-electron chi connectivity index (χ0n) is 11.1. The summed E-state index contributed by atoms with van der Waals surface area (Å²) in [4.78, 5) is 0. The molecule has 1 fully saturated rings. The van der Waals surface area contributed by atoms with Gasteiger partial charge in [-0.15, -0.1) is 0 Å². The molecule has 2 heteroatoms. The summed E-state index contributed by atoms with van der Waals surface area (Å²) >= 11 is 2.11. The van der Waals surface area contributed by atoms with Crippen LogP contribution >= 0.6 is 11.8 Å². The molecule has 1 saturated carbocycles. The van der Waals surface area contributed by atoms with Crippen LogP contribution in [0.15, 0.2) is 0 Å². The maximum absolute atomic E-state index is 3.56. The second-order valence-electron chi connectivity index (χ2n) is 4.95. The fourth-order valence-electron chi connectivity index (χ4n) is 2.82. The maximum atomic E-state index is 3.56. The van der Waals surface area contributed by atoms with Crippen molar-refractivity contribution in [2.24, 2.45) is 11.8 Å². The molecule has 0 amide bonds. The zero-order valence-corrected chi connectivity index (χ0v) is 12.0. The fourth-order valence-corrected chi connectivity index (χ4v) is 3.58. The highest BCUT2D eigenvalue weighted by molar-refractivity contribution is 7.99. The minimum absolute atomic E-state index is 0.958. The molecule has 0 aliphatic heterocycles. The lowest BCUT2D eigenvalue weighted by molar-refractivity contribution is 0.295. The van der Waals surface area contributed by atoms with E-state index >= 15 is 0 Å². The third-order valence-corrected chi connectivity index (χ3v) is 4.74. The largest absolute Gasteiger partial charge is 0.317 e. The SMILES string of the molecule is CCNCC1CCCCCC1CCSCC. The quantitative estimate of drug-likeness (QED) is 0.537. The van der Waals surface area contributed by atoms with Crippen molar-refractivity contribution in [2.45, 2.75) is 52.4 Å². The topological polar surface area (TPSA) is 12.0 Å². The molecule has 0 heterocycles. The molecule has 1 aliphatic rings. The van der Waals surface area contributed by atoms with Gasteiger partial charge in [0.15, 0.2) is 0 Å². The first kappa shape index (κ1) is 14.4. The molecule has 0 bridgehead atoms. The smallest absolute Gasteiger partial charge is 0.00180 e. The highest BCUT2D eigenvalue weighted by atomic mass is 32.2. The summed E-state index contributed by atoms with van der Waals surface area (Å²) in [5.74, 6) is 4.62. The Morgan fingerprint density at radius 1 is 1.06 bits per heavy atom. The molecule has 0 spiro atoms. The van der Waals surface area contributed by atoms with Crippen molar-refractivity contribution in [1.29, 1.82) is 0 Å². The lowest BCUT2D eigenvalue weighted by Crippen LogP contribution is -2.28. The summed E-state index contributed by atoms with van der Waals surface area (Å²) in [5, 5.41) is 3.56. The van der Waals surface area contributed by atoms with E-state index in [9.17, 15) is 0 Å². The lowest BCUT2D eigenvalue weighted by Gasteiger charge is -2.25. The molecule has 1 nitrogen and oxygen atoms in total. The van der Waals surface area contributed by atoms with Gasteiger partial charge in [0.05, 0.1) is 0 Å². The summed E-state index contributed by atoms with van der Waals surface area (Å²) in [6.07, 6.45) is 8.82. The minimum atomic E-state index is 0.958. The molecule has 1 aliphatic carbocycles. The minimum Gasteiger partial charge on any atom is -0.317 e. The molecule has 0 saturated heterocycles. The van der Waals surface area contributed by atoms with Crippen molar-refractivity contribution in [3.8, 4) is 0 Å². The van der Waals surface area contributed by atoms with Gasteiger partial charge in [0.2, 0.25) is 0 Å². The van der Waals surface area contributed by atoms with Crippen LogP contribution in [0.3, 0.4) is 0 Å². The van der Waals surface area contributed by atoms with Gasteiger partial charge in [0, 0.05) is 0 Å². The molecule has 2 unspecified atom stereocenters. The molecule has 0 aromatic rings. The van der Waals surface area contributed by atoms with Crippen LogP contribution in [0.4, 0.5) is 0 Å². The van der Waals surface area contributed by atoms with Crippen LogP contribution < -0.4 is 5.32 Å². The first-order valence-electron chi connectivity index (χ1n) is 7.16. The van der Waals surface area contributed by atoms with E-state index in [-0.39, 0.29) is 0 Å². The Balaban J connectivity index is 2.32. The van der Waals surface area contributed by atoms with Gasteiger partial charge >= 0.3 is 0 Å². The molecule has 1 rings (SSSR count). The van der Waals surface area contributed by atoms with E-state index in [1.165, 1.54) is 56.6 Å². The van der Waals surface area contributed by atoms with E-state index in [2.05, 4.69) is 30.9 Å². The van der Waals surface area contributed by atoms with E-state index < -0.39 is 0 Å². The van der Waals surface area contributed by atoms with Crippen molar-refractivity contribution in [2.75, 3.05) is 24.6 Å². The van der Waals surface area contributed by atoms with E-state index in [1.54, 1.807) is 0 Å². The lowest BCUT2D eigenvalue weighted by atomic mass is 9.86. The van der Waals surface area contributed by atoms with Crippen molar-refractivity contribution >= 4 is 11.8 Å². The van der Waals surface area contributed by atoms with Crippen LogP contribution in [0.5, 0.6) is 0 Å². The normalized spacial score (nSPS) is 26.6. The van der Waals surface area contributed by atoms with E-state index in [1.807, 2.05) is 0 Å². The number of rotatable bonds is 7. The van der Waals surface area contributed by atoms with Gasteiger partial charge in [-0.2, -0.15) is 11.8 Å². The predicted molar refractivity (Wildman–Crippen MR) is 76.2 cm³/mol. The van der Waals surface area contributed by atoms with Crippen LogP contribution in [-0.4, -0.2) is 24.6 Å². The highest BCUT2D eigenvalue weighted by Crippen LogP contribution is 2.31. The molecule has 0 radical (unpaired) electrons. The molecule has 2 atom stereocenters. The van der Waals surface area contributed by atoms with Gasteiger partial charge in [-0.1, -0.05) is 39.5 Å². The average Bonchev–Trinajstić information content (AvgIpc) is 2.52. The predicted octanol–water partition coefficient (Wildman–Crippen LogP) is 3.94. The average molecular weight is 243 g/mol. The van der Waals surface area contributed by atoms with Gasteiger partial charge in [-0.25, -0.2) is 0 Å². The zero-order chi connectivity index (χ0) is 11.6. The summed E-state index contributed by atoms with van der Waals surface area (Å²) < 4.78 is 0. The Morgan fingerprint density at radius 3 is 2.50 bits per heavy atom. The van der Waals surface area contributed by atoms with Gasteiger partial charge in [-0.3, -0.25) is 0 Å². The molecular weight excluding hydrogens is 214 g/mol. The van der Waals surface area contributed by atoms with Gasteiger partial charge < -0.3 is 5.32 Å². The van der Waals surface area contributed by atoms with Crippen molar-refractivity contribution in [1.82, 2.24) is 5.32 Å². The standard InChI is InChI=1S/C14H29NS/c1-3-15-12-14-9-7-5-6-8-13(14)10-11-16-4-2/h13-15H,3-12H2,1-2H3. The van der Waals surface area contributed by atoms with Crippen molar-refractivity contribution < 1.29 is 0 Å². The summed E-state index contributed by atoms with van der Waals surface area (Å²) in [6.45, 7) is 6.89. The van der Waals surface area contributed by atoms with Crippen LogP contribution in [0.25, 0.3) is 0 Å². The first-order valence-corrected chi connectivity index (χ1v) is 8.32. The Bertz CT molecular complexity index is 161. The van der Waals surface area contributed by atoms with Crippen LogP contribution in [-0.2, 0) is 0 Å². The van der Waals surface area contributed by atoms with Gasteiger partial charge in [0.25, 0.3) is 0 Å². The first-order chi connectivity index (χ1) is 7.88. The maximum Gasteiger partial charge on any atom is -0.00180 e. The van der Waals surface area contributed by atoms with Crippen molar-refractivity contribution in [3.63, 3.8) is 0 Å². The fraction of sp³-hybridized carbons (Fsp3) is 1.00. The molecule has 0 aromatic heterocycles. The molecule has 96 valence electrons. The van der Waals surface area contributed by atoms with E-state index in [0.29, 0.717) is 0 Å². The number of hydrogen-bond acceptors (Lipinski definition) is 2. The summed E-state index contributed by atoms with van der Waals surface area (Å²) in [7, 11) is 0. The third-order valence-electron chi connectivity index (χ3n) is 3.81.